The first-order valence-corrected chi connectivity index (χ1v) is 11.5. The van der Waals surface area contributed by atoms with E-state index in [0.717, 1.165) is 23.3 Å². The maximum absolute atomic E-state index is 13.1. The first-order valence-electron chi connectivity index (χ1n) is 10.5. The Kier molecular flexibility index (Phi) is 7.91. The lowest BCUT2D eigenvalue weighted by Crippen LogP contribution is -2.39. The smallest absolute Gasteiger partial charge is 0.252 e. The third-order valence-electron chi connectivity index (χ3n) is 5.72. The Hall–Kier alpha value is -2.34. The van der Waals surface area contributed by atoms with Gasteiger partial charge in [0.05, 0.1) is 17.4 Å². The second-order valence-corrected chi connectivity index (χ2v) is 8.85. The number of amides is 2. The number of nitrogens with zero attached hydrogens (tertiary/aromatic N) is 1. The van der Waals surface area contributed by atoms with Crippen molar-refractivity contribution >= 4 is 23.6 Å². The Morgan fingerprint density at radius 2 is 1.77 bits per heavy atom. The minimum absolute atomic E-state index is 0.0989. The van der Waals surface area contributed by atoms with Crippen LogP contribution in [0.5, 0.6) is 0 Å². The van der Waals surface area contributed by atoms with Crippen molar-refractivity contribution in [3.8, 4) is 0 Å². The predicted molar refractivity (Wildman–Crippen MR) is 119 cm³/mol. The standard InChI is InChI=1S/C24H29FN2O2S/c1-17(18-12-14-19(25)15-13-18)26-24(29)21-10-6-7-11-22(21)30-16-23(28)27(2)20-8-4-3-5-9-20/h6-7,10-15,17,20H,3-5,8-9,16H2,1-2H3,(H,26,29). The summed E-state index contributed by atoms with van der Waals surface area (Å²) in [4.78, 5) is 28.2. The van der Waals surface area contributed by atoms with Crippen molar-refractivity contribution in [2.24, 2.45) is 0 Å². The van der Waals surface area contributed by atoms with E-state index in [1.165, 1.54) is 43.2 Å². The molecule has 2 amide bonds. The van der Waals surface area contributed by atoms with Gasteiger partial charge in [0.25, 0.3) is 5.91 Å². The quantitative estimate of drug-likeness (QED) is 0.617. The van der Waals surface area contributed by atoms with E-state index in [9.17, 15) is 14.0 Å². The molecule has 1 aliphatic carbocycles. The van der Waals surface area contributed by atoms with Crippen LogP contribution in [0.1, 0.15) is 61.0 Å². The van der Waals surface area contributed by atoms with Gasteiger partial charge in [0.2, 0.25) is 5.91 Å². The lowest BCUT2D eigenvalue weighted by atomic mass is 9.94. The van der Waals surface area contributed by atoms with Gasteiger partial charge in [-0.15, -0.1) is 11.8 Å². The number of halogens is 1. The van der Waals surface area contributed by atoms with Gasteiger partial charge in [-0.1, -0.05) is 43.5 Å². The van der Waals surface area contributed by atoms with Crippen molar-refractivity contribution in [2.75, 3.05) is 12.8 Å². The van der Waals surface area contributed by atoms with Crippen molar-refractivity contribution in [1.82, 2.24) is 10.2 Å². The van der Waals surface area contributed by atoms with E-state index in [1.807, 2.05) is 37.1 Å². The molecule has 1 N–H and O–H groups in total. The summed E-state index contributed by atoms with van der Waals surface area (Å²) in [6.07, 6.45) is 5.78. The highest BCUT2D eigenvalue weighted by molar-refractivity contribution is 8.00. The van der Waals surface area contributed by atoms with Crippen molar-refractivity contribution < 1.29 is 14.0 Å². The fourth-order valence-corrected chi connectivity index (χ4v) is 4.78. The fourth-order valence-electron chi connectivity index (χ4n) is 3.80. The molecule has 1 atom stereocenters. The minimum Gasteiger partial charge on any atom is -0.345 e. The van der Waals surface area contributed by atoms with Gasteiger partial charge in [-0.05, 0) is 49.6 Å². The van der Waals surface area contributed by atoms with E-state index in [1.54, 1.807) is 18.2 Å². The van der Waals surface area contributed by atoms with Gasteiger partial charge < -0.3 is 10.2 Å². The summed E-state index contributed by atoms with van der Waals surface area (Å²) in [5.74, 6) is -0.100. The van der Waals surface area contributed by atoms with E-state index < -0.39 is 0 Å². The van der Waals surface area contributed by atoms with Gasteiger partial charge in [-0.25, -0.2) is 4.39 Å². The van der Waals surface area contributed by atoms with Gasteiger partial charge >= 0.3 is 0 Å². The molecular weight excluding hydrogens is 399 g/mol. The van der Waals surface area contributed by atoms with Crippen LogP contribution in [0.3, 0.4) is 0 Å². The average Bonchev–Trinajstić information content (AvgIpc) is 2.78. The topological polar surface area (TPSA) is 49.4 Å². The molecular formula is C24H29FN2O2S. The zero-order valence-corrected chi connectivity index (χ0v) is 18.4. The maximum atomic E-state index is 13.1. The lowest BCUT2D eigenvalue weighted by molar-refractivity contribution is -0.129. The highest BCUT2D eigenvalue weighted by atomic mass is 32.2. The van der Waals surface area contributed by atoms with Gasteiger partial charge in [0, 0.05) is 18.0 Å². The monoisotopic (exact) mass is 428 g/mol. The maximum Gasteiger partial charge on any atom is 0.252 e. The zero-order chi connectivity index (χ0) is 21.5. The zero-order valence-electron chi connectivity index (χ0n) is 17.6. The summed E-state index contributed by atoms with van der Waals surface area (Å²) in [5, 5.41) is 2.96. The Morgan fingerprint density at radius 3 is 2.47 bits per heavy atom. The van der Waals surface area contributed by atoms with Gasteiger partial charge in [0.15, 0.2) is 0 Å². The molecule has 0 bridgehead atoms. The molecule has 1 saturated carbocycles. The summed E-state index contributed by atoms with van der Waals surface area (Å²) in [6, 6.07) is 13.5. The first kappa shape index (κ1) is 22.3. The molecule has 0 aromatic heterocycles. The third kappa shape index (κ3) is 5.85. The van der Waals surface area contributed by atoms with Crippen molar-refractivity contribution in [2.45, 2.75) is 56.0 Å². The fraction of sp³-hybridized carbons (Fsp3) is 0.417. The van der Waals surface area contributed by atoms with Crippen LogP contribution in [0.15, 0.2) is 53.4 Å². The van der Waals surface area contributed by atoms with E-state index in [0.29, 0.717) is 17.4 Å². The van der Waals surface area contributed by atoms with Gasteiger partial charge in [-0.3, -0.25) is 9.59 Å². The molecule has 2 aromatic carbocycles. The minimum atomic E-state index is -0.304. The Balaban J connectivity index is 1.61. The molecule has 0 saturated heterocycles. The summed E-state index contributed by atoms with van der Waals surface area (Å²) in [7, 11) is 1.89. The highest BCUT2D eigenvalue weighted by Crippen LogP contribution is 2.26. The van der Waals surface area contributed by atoms with Crippen LogP contribution < -0.4 is 5.32 Å². The molecule has 2 aromatic rings. The van der Waals surface area contributed by atoms with Crippen LogP contribution in [-0.4, -0.2) is 35.6 Å². The van der Waals surface area contributed by atoms with Crippen LogP contribution in [0, 0.1) is 5.82 Å². The second-order valence-electron chi connectivity index (χ2n) is 7.83. The average molecular weight is 429 g/mol. The summed E-state index contributed by atoms with van der Waals surface area (Å²) >= 11 is 1.40. The summed E-state index contributed by atoms with van der Waals surface area (Å²) < 4.78 is 13.1. The second kappa shape index (κ2) is 10.6. The van der Waals surface area contributed by atoms with Gasteiger partial charge in [0.1, 0.15) is 5.82 Å². The molecule has 1 unspecified atom stereocenters. The Morgan fingerprint density at radius 1 is 1.10 bits per heavy atom. The van der Waals surface area contributed by atoms with Crippen LogP contribution in [0.2, 0.25) is 0 Å². The van der Waals surface area contributed by atoms with Crippen molar-refractivity contribution in [1.29, 1.82) is 0 Å². The molecule has 4 nitrogen and oxygen atoms in total. The molecule has 0 aliphatic heterocycles. The Labute approximate surface area is 182 Å². The molecule has 30 heavy (non-hydrogen) atoms. The van der Waals surface area contributed by atoms with Crippen LogP contribution >= 0.6 is 11.8 Å². The van der Waals surface area contributed by atoms with Crippen molar-refractivity contribution in [3.63, 3.8) is 0 Å². The number of hydrogen-bond donors (Lipinski definition) is 1. The van der Waals surface area contributed by atoms with E-state index in [2.05, 4.69) is 5.32 Å². The summed E-state index contributed by atoms with van der Waals surface area (Å²) in [5.41, 5.74) is 1.38. The third-order valence-corrected chi connectivity index (χ3v) is 6.77. The molecule has 3 rings (SSSR count). The summed E-state index contributed by atoms with van der Waals surface area (Å²) in [6.45, 7) is 1.86. The number of carbonyl (C=O) groups is 2. The lowest BCUT2D eigenvalue weighted by Gasteiger charge is -2.31. The predicted octanol–water partition coefficient (Wildman–Crippen LogP) is 5.20. The number of hydrogen-bond acceptors (Lipinski definition) is 3. The number of thioether (sulfide) groups is 1. The number of rotatable bonds is 7. The van der Waals surface area contributed by atoms with E-state index in [-0.39, 0.29) is 23.7 Å². The normalized spacial score (nSPS) is 15.4. The molecule has 1 aliphatic rings. The number of nitrogens with one attached hydrogen (secondary N) is 1. The molecule has 0 spiro atoms. The molecule has 0 heterocycles. The number of carbonyl (C=O) groups excluding carboxylic acids is 2. The molecule has 160 valence electrons. The van der Waals surface area contributed by atoms with E-state index >= 15 is 0 Å². The van der Waals surface area contributed by atoms with Crippen molar-refractivity contribution in [3.05, 3.63) is 65.5 Å². The highest BCUT2D eigenvalue weighted by Gasteiger charge is 2.22. The largest absolute Gasteiger partial charge is 0.345 e. The van der Waals surface area contributed by atoms with Crippen LogP contribution in [-0.2, 0) is 4.79 Å². The first-order chi connectivity index (χ1) is 14.5. The van der Waals surface area contributed by atoms with Gasteiger partial charge in [-0.2, -0.15) is 0 Å². The Bertz CT molecular complexity index is 866. The van der Waals surface area contributed by atoms with E-state index in [4.69, 9.17) is 0 Å². The number of benzene rings is 2. The molecule has 0 radical (unpaired) electrons. The van der Waals surface area contributed by atoms with Crippen LogP contribution in [0.4, 0.5) is 4.39 Å². The van der Waals surface area contributed by atoms with Crippen LogP contribution in [0.25, 0.3) is 0 Å². The SMILES string of the molecule is CC(NC(=O)c1ccccc1SCC(=O)N(C)C1CCCCC1)c1ccc(F)cc1. The molecule has 6 heteroatoms. The molecule has 1 fully saturated rings.